The van der Waals surface area contributed by atoms with Gasteiger partial charge < -0.3 is 0 Å². The average molecular weight is 485 g/mol. The fraction of sp³-hybridized carbons (Fsp3) is 0.250. The minimum atomic E-state index is -7.36. The van der Waals surface area contributed by atoms with E-state index in [9.17, 15) is 47.9 Å². The van der Waals surface area contributed by atoms with Gasteiger partial charge in [0.1, 0.15) is 0 Å². The van der Waals surface area contributed by atoms with Crippen LogP contribution in [0.2, 0.25) is 0 Å². The molecule has 166 valence electrons. The Hall–Kier alpha value is -1.93. The fourth-order valence-electron chi connectivity index (χ4n) is 1.95. The van der Waals surface area contributed by atoms with E-state index in [1.165, 1.54) is 36.4 Å². The molecule has 0 aliphatic heterocycles. The van der Waals surface area contributed by atoms with E-state index in [2.05, 4.69) is 3.63 Å². The van der Waals surface area contributed by atoms with Crippen LogP contribution in [0.5, 0.6) is 0 Å². The molecule has 2 rings (SSSR count). The first-order chi connectivity index (χ1) is 13.6. The minimum absolute atomic E-state index is 0.144. The maximum Gasteiger partial charge on any atom is 0.460 e. The SMILES string of the molecule is O=S(=O)(O[S+](c1ccccc1)c1ccccc1)C(F)(F)C(F)(F)C(F)(F)C(F)(F)F. The van der Waals surface area contributed by atoms with Gasteiger partial charge in [0.05, 0.1) is 0 Å². The molecule has 0 unspecified atom stereocenters. The first-order valence-electron chi connectivity index (χ1n) is 7.55. The molecule has 2 aromatic rings. The summed E-state index contributed by atoms with van der Waals surface area (Å²) in [5.74, 6) is -14.7. The highest BCUT2D eigenvalue weighted by Gasteiger charge is 2.86. The molecule has 0 saturated carbocycles. The van der Waals surface area contributed by atoms with Crippen LogP contribution in [0.1, 0.15) is 0 Å². The maximum atomic E-state index is 14.0. The molecule has 0 saturated heterocycles. The van der Waals surface area contributed by atoms with Crippen molar-refractivity contribution in [3.05, 3.63) is 60.7 Å². The molecule has 2 aromatic carbocycles. The van der Waals surface area contributed by atoms with Crippen molar-refractivity contribution < 1.29 is 51.6 Å². The predicted molar refractivity (Wildman–Crippen MR) is 87.7 cm³/mol. The lowest BCUT2D eigenvalue weighted by Gasteiger charge is -2.31. The van der Waals surface area contributed by atoms with Crippen LogP contribution in [-0.2, 0) is 24.9 Å². The van der Waals surface area contributed by atoms with E-state index in [4.69, 9.17) is 0 Å². The molecular formula is C16H10F9O3S2+. The Morgan fingerprint density at radius 1 is 0.633 bits per heavy atom. The van der Waals surface area contributed by atoms with E-state index in [0.717, 1.165) is 24.3 Å². The van der Waals surface area contributed by atoms with E-state index in [1.807, 2.05) is 0 Å². The van der Waals surface area contributed by atoms with Crippen molar-refractivity contribution in [1.82, 2.24) is 0 Å². The van der Waals surface area contributed by atoms with Crippen LogP contribution in [0.4, 0.5) is 39.5 Å². The van der Waals surface area contributed by atoms with E-state index < -0.39 is 44.6 Å². The van der Waals surface area contributed by atoms with Crippen LogP contribution >= 0.6 is 0 Å². The summed E-state index contributed by atoms with van der Waals surface area (Å²) < 4.78 is 146. The van der Waals surface area contributed by atoms with Crippen molar-refractivity contribution >= 4 is 21.3 Å². The Bertz CT molecular complexity index is 923. The number of rotatable bonds is 7. The molecule has 0 aliphatic carbocycles. The molecule has 0 radical (unpaired) electrons. The summed E-state index contributed by atoms with van der Waals surface area (Å²) in [6.07, 6.45) is -7.16. The van der Waals surface area contributed by atoms with Crippen LogP contribution in [0.3, 0.4) is 0 Å². The van der Waals surface area contributed by atoms with Crippen molar-refractivity contribution in [2.45, 2.75) is 33.1 Å². The Labute approximate surface area is 167 Å². The smallest absolute Gasteiger partial charge is 0.191 e. The second-order valence-electron chi connectivity index (χ2n) is 5.58. The maximum absolute atomic E-state index is 14.0. The summed E-state index contributed by atoms with van der Waals surface area (Å²) in [7, 11) is -7.01. The minimum Gasteiger partial charge on any atom is -0.191 e. The van der Waals surface area contributed by atoms with Crippen LogP contribution in [-0.4, -0.2) is 31.7 Å². The number of alkyl halides is 9. The predicted octanol–water partition coefficient (Wildman–Crippen LogP) is 5.41. The molecule has 14 heteroatoms. The Morgan fingerprint density at radius 3 is 1.33 bits per heavy atom. The summed E-state index contributed by atoms with van der Waals surface area (Å²) in [4.78, 5) is -0.289. The van der Waals surface area contributed by atoms with E-state index in [-0.39, 0.29) is 9.79 Å². The van der Waals surface area contributed by atoms with Crippen molar-refractivity contribution in [2.24, 2.45) is 0 Å². The van der Waals surface area contributed by atoms with Gasteiger partial charge in [-0.15, -0.1) is 0 Å². The molecule has 30 heavy (non-hydrogen) atoms. The van der Waals surface area contributed by atoms with Gasteiger partial charge in [0.2, 0.25) is 11.2 Å². The highest BCUT2D eigenvalue weighted by Crippen LogP contribution is 2.55. The molecule has 0 aliphatic rings. The number of halogens is 9. The Kier molecular flexibility index (Phi) is 6.46. The zero-order valence-electron chi connectivity index (χ0n) is 14.2. The van der Waals surface area contributed by atoms with E-state index in [1.54, 1.807) is 0 Å². The molecule has 0 bridgehead atoms. The Balaban J connectivity index is 2.55. The summed E-state index contributed by atoms with van der Waals surface area (Å²) >= 11 is -2.38. The average Bonchev–Trinajstić information content (AvgIpc) is 2.66. The quantitative estimate of drug-likeness (QED) is 0.389. The summed E-state index contributed by atoms with van der Waals surface area (Å²) in [5, 5.41) is -6.92. The normalized spacial score (nSPS) is 14.2. The van der Waals surface area contributed by atoms with Gasteiger partial charge in [0.25, 0.3) is 0 Å². The molecular weight excluding hydrogens is 475 g/mol. The molecule has 0 amide bonds. The van der Waals surface area contributed by atoms with Gasteiger partial charge in [-0.2, -0.15) is 47.9 Å². The molecule has 3 nitrogen and oxygen atoms in total. The van der Waals surface area contributed by atoms with Gasteiger partial charge in [-0.3, -0.25) is 0 Å². The largest absolute Gasteiger partial charge is 0.460 e. The first kappa shape index (κ1) is 24.3. The molecule has 0 N–H and O–H groups in total. The Morgan fingerprint density at radius 2 is 1.00 bits per heavy atom. The van der Waals surface area contributed by atoms with Crippen LogP contribution < -0.4 is 0 Å². The second kappa shape index (κ2) is 7.96. The van der Waals surface area contributed by atoms with Gasteiger partial charge in [-0.05, 0) is 27.9 Å². The molecule has 0 heterocycles. The first-order valence-corrected chi connectivity index (χ1v) is 10.1. The lowest BCUT2D eigenvalue weighted by Crippen LogP contribution is -2.63. The third-order valence-electron chi connectivity index (χ3n) is 3.50. The summed E-state index contributed by atoms with van der Waals surface area (Å²) in [6.45, 7) is 0. The van der Waals surface area contributed by atoms with Crippen molar-refractivity contribution in [2.75, 3.05) is 0 Å². The highest BCUT2D eigenvalue weighted by atomic mass is 32.3. The number of benzene rings is 2. The van der Waals surface area contributed by atoms with Crippen LogP contribution in [0.15, 0.2) is 70.5 Å². The van der Waals surface area contributed by atoms with Crippen molar-refractivity contribution in [3.8, 4) is 0 Å². The molecule has 0 fully saturated rings. The van der Waals surface area contributed by atoms with Gasteiger partial charge in [0.15, 0.2) is 9.79 Å². The summed E-state index contributed by atoms with van der Waals surface area (Å²) in [5.41, 5.74) is 0. The van der Waals surface area contributed by atoms with E-state index in [0.29, 0.717) is 0 Å². The molecule has 0 spiro atoms. The monoisotopic (exact) mass is 485 g/mol. The van der Waals surface area contributed by atoms with Gasteiger partial charge in [-0.25, -0.2) is 0 Å². The standard InChI is InChI=1S/C16H10F9O3S2/c17-13(18,15(21,22)23)14(19,20)16(24,25)30(26,27)28-29(11-7-3-1-4-8-11)12-9-5-2-6-10-12/h1-10H/q+1. The van der Waals surface area contributed by atoms with Gasteiger partial charge in [0, 0.05) is 0 Å². The van der Waals surface area contributed by atoms with Crippen LogP contribution in [0, 0.1) is 0 Å². The summed E-state index contributed by atoms with van der Waals surface area (Å²) in [6, 6.07) is 12.7. The van der Waals surface area contributed by atoms with Crippen LogP contribution in [0.25, 0.3) is 0 Å². The zero-order valence-corrected chi connectivity index (χ0v) is 15.8. The molecule has 0 atom stereocenters. The second-order valence-corrected chi connectivity index (χ2v) is 9.03. The van der Waals surface area contributed by atoms with Crippen molar-refractivity contribution in [1.29, 1.82) is 0 Å². The highest BCUT2D eigenvalue weighted by molar-refractivity contribution is 8.03. The molecule has 0 aromatic heterocycles. The topological polar surface area (TPSA) is 43.4 Å². The lowest BCUT2D eigenvalue weighted by molar-refractivity contribution is -0.382. The number of hydrogen-bond donors (Lipinski definition) is 0. The van der Waals surface area contributed by atoms with E-state index >= 15 is 0 Å². The fourth-order valence-corrected chi connectivity index (χ4v) is 5.16. The third-order valence-corrected chi connectivity index (χ3v) is 7.05. The third kappa shape index (κ3) is 4.12. The lowest BCUT2D eigenvalue weighted by atomic mass is 10.1. The number of hydrogen-bond acceptors (Lipinski definition) is 3. The zero-order chi connectivity index (χ0) is 23.0. The van der Waals surface area contributed by atoms with Crippen molar-refractivity contribution in [3.63, 3.8) is 0 Å². The van der Waals surface area contributed by atoms with Gasteiger partial charge in [-0.1, -0.05) is 36.4 Å². The van der Waals surface area contributed by atoms with Gasteiger partial charge >= 0.3 is 33.4 Å².